The van der Waals surface area contributed by atoms with Crippen LogP contribution in [-0.4, -0.2) is 43.8 Å². The molecular weight excluding hydrogens is 362 g/mol. The zero-order chi connectivity index (χ0) is 21.5. The van der Waals surface area contributed by atoms with Gasteiger partial charge >= 0.3 is 0 Å². The van der Waals surface area contributed by atoms with Crippen molar-refractivity contribution in [2.24, 2.45) is 0 Å². The van der Waals surface area contributed by atoms with Gasteiger partial charge in [-0.3, -0.25) is 4.79 Å². The molecule has 0 aliphatic carbocycles. The van der Waals surface area contributed by atoms with Crippen LogP contribution in [0.25, 0.3) is 5.57 Å². The molecule has 1 aliphatic rings. The minimum absolute atomic E-state index is 0.661. The summed E-state index contributed by atoms with van der Waals surface area (Å²) in [6.45, 7) is 10.5. The van der Waals surface area contributed by atoms with Crippen molar-refractivity contribution >= 4 is 17.7 Å². The lowest BCUT2D eigenvalue weighted by Gasteiger charge is -2.31. The van der Waals surface area contributed by atoms with Gasteiger partial charge in [-0.05, 0) is 81.4 Å². The largest absolute Gasteiger partial charge is 0.386 e. The number of benzene rings is 1. The van der Waals surface area contributed by atoms with E-state index >= 15 is 0 Å². The number of carbonyl (C=O) groups excluding carboxylic acids is 1. The molecule has 0 bridgehead atoms. The summed E-state index contributed by atoms with van der Waals surface area (Å²) >= 11 is 0. The monoisotopic (exact) mass is 397 g/mol. The topological polar surface area (TPSA) is 73.4 Å². The van der Waals surface area contributed by atoms with Crippen molar-refractivity contribution in [1.29, 1.82) is 0 Å². The van der Waals surface area contributed by atoms with Gasteiger partial charge in [0.05, 0.1) is 5.60 Å². The van der Waals surface area contributed by atoms with Crippen molar-refractivity contribution in [3.63, 3.8) is 0 Å². The van der Waals surface area contributed by atoms with Gasteiger partial charge in [0, 0.05) is 5.69 Å². The average molecular weight is 398 g/mol. The maximum Gasteiger partial charge on any atom is 0.211 e. The molecule has 0 unspecified atom stereocenters. The van der Waals surface area contributed by atoms with E-state index in [1.807, 2.05) is 62.5 Å². The second kappa shape index (κ2) is 13.7. The van der Waals surface area contributed by atoms with Crippen molar-refractivity contribution in [2.75, 3.05) is 32.0 Å². The van der Waals surface area contributed by atoms with Gasteiger partial charge in [-0.15, -0.1) is 0 Å². The van der Waals surface area contributed by atoms with Gasteiger partial charge in [-0.1, -0.05) is 49.9 Å². The fraction of sp³-hybridized carbons (Fsp3) is 0.375. The number of allylic oxidation sites excluding steroid dienone is 6. The van der Waals surface area contributed by atoms with Crippen molar-refractivity contribution in [1.82, 2.24) is 10.6 Å². The normalized spacial score (nSPS) is 16.7. The summed E-state index contributed by atoms with van der Waals surface area (Å²) in [7, 11) is 1.93. The third kappa shape index (κ3) is 9.05. The molecule has 0 spiro atoms. The number of piperidine rings is 1. The first-order chi connectivity index (χ1) is 14.0. The van der Waals surface area contributed by atoms with Gasteiger partial charge < -0.3 is 21.1 Å². The van der Waals surface area contributed by atoms with Crippen LogP contribution in [0.15, 0.2) is 66.8 Å². The molecule has 1 amide bonds. The third-order valence-electron chi connectivity index (χ3n) is 4.68. The van der Waals surface area contributed by atoms with E-state index in [9.17, 15) is 9.90 Å². The van der Waals surface area contributed by atoms with Crippen LogP contribution in [0.3, 0.4) is 0 Å². The average Bonchev–Trinajstić information content (AvgIpc) is 2.74. The van der Waals surface area contributed by atoms with E-state index in [2.05, 4.69) is 29.5 Å². The zero-order valence-electron chi connectivity index (χ0n) is 17.9. The number of aliphatic hydroxyl groups is 1. The summed E-state index contributed by atoms with van der Waals surface area (Å²) in [5, 5.41) is 19.8. The molecule has 1 fully saturated rings. The lowest BCUT2D eigenvalue weighted by atomic mass is 9.86. The van der Waals surface area contributed by atoms with E-state index in [4.69, 9.17) is 0 Å². The fourth-order valence-corrected chi connectivity index (χ4v) is 2.88. The first-order valence-corrected chi connectivity index (χ1v) is 10.1. The van der Waals surface area contributed by atoms with Crippen LogP contribution in [-0.2, 0) is 4.79 Å². The number of amides is 1. The SMILES string of the molecule is C=C\C=C/C=C(C)/C(=C\C1(O)CCNCC1)c1ccc(NC=O)cc1.CCNC. The molecule has 4 N–H and O–H groups in total. The van der Waals surface area contributed by atoms with Gasteiger partial charge in [0.2, 0.25) is 6.41 Å². The molecule has 2 rings (SSSR count). The highest BCUT2D eigenvalue weighted by Gasteiger charge is 2.27. The number of carbonyl (C=O) groups is 1. The summed E-state index contributed by atoms with van der Waals surface area (Å²) < 4.78 is 0. The summed E-state index contributed by atoms with van der Waals surface area (Å²) in [5.41, 5.74) is 2.99. The zero-order valence-corrected chi connectivity index (χ0v) is 17.9. The van der Waals surface area contributed by atoms with Crippen LogP contribution >= 0.6 is 0 Å². The van der Waals surface area contributed by atoms with Crippen LogP contribution in [0.4, 0.5) is 5.69 Å². The molecule has 1 aromatic carbocycles. The first kappa shape index (κ1) is 24.6. The Morgan fingerprint density at radius 2 is 1.86 bits per heavy atom. The molecule has 0 radical (unpaired) electrons. The standard InChI is InChI=1S/C21H26N2O2.C3H9N/c1-3-4-5-6-17(2)20(15-21(25)11-13-22-14-12-21)18-7-9-19(10-8-18)23-16-24;1-3-4-2/h3-10,15-16,22,25H,1,11-14H2,2H3,(H,23,24);4H,3H2,1-2H3/b5-4-,17-6+,20-15+;. The minimum Gasteiger partial charge on any atom is -0.386 e. The Kier molecular flexibility index (Phi) is 11.6. The molecule has 1 aromatic rings. The molecule has 1 saturated heterocycles. The Labute approximate surface area is 175 Å². The maximum atomic E-state index is 10.9. The molecule has 0 aromatic heterocycles. The van der Waals surface area contributed by atoms with Crippen LogP contribution in [0.2, 0.25) is 0 Å². The molecule has 5 nitrogen and oxygen atoms in total. The molecule has 5 heteroatoms. The Balaban J connectivity index is 0.000000960. The number of hydrogen-bond donors (Lipinski definition) is 4. The van der Waals surface area contributed by atoms with Gasteiger partial charge in [-0.25, -0.2) is 0 Å². The highest BCUT2D eigenvalue weighted by molar-refractivity contribution is 5.81. The number of rotatable bonds is 8. The van der Waals surface area contributed by atoms with Crippen LogP contribution in [0.1, 0.15) is 32.3 Å². The summed E-state index contributed by atoms with van der Waals surface area (Å²) in [6.07, 6.45) is 11.6. The van der Waals surface area contributed by atoms with Gasteiger partial charge in [0.25, 0.3) is 0 Å². The Morgan fingerprint density at radius 1 is 1.24 bits per heavy atom. The van der Waals surface area contributed by atoms with E-state index in [1.54, 1.807) is 6.08 Å². The minimum atomic E-state index is -0.808. The van der Waals surface area contributed by atoms with Crippen molar-refractivity contribution in [2.45, 2.75) is 32.3 Å². The van der Waals surface area contributed by atoms with E-state index in [0.717, 1.165) is 42.0 Å². The maximum absolute atomic E-state index is 10.9. The van der Waals surface area contributed by atoms with Gasteiger partial charge in [0.1, 0.15) is 0 Å². The number of nitrogens with one attached hydrogen (secondary N) is 3. The first-order valence-electron chi connectivity index (χ1n) is 10.1. The Morgan fingerprint density at radius 3 is 2.38 bits per heavy atom. The van der Waals surface area contributed by atoms with Crippen molar-refractivity contribution < 1.29 is 9.90 Å². The smallest absolute Gasteiger partial charge is 0.211 e. The summed E-state index contributed by atoms with van der Waals surface area (Å²) in [6, 6.07) is 7.63. The van der Waals surface area contributed by atoms with Gasteiger partial charge in [-0.2, -0.15) is 0 Å². The van der Waals surface area contributed by atoms with Crippen LogP contribution in [0, 0.1) is 0 Å². The predicted octanol–water partition coefficient (Wildman–Crippen LogP) is 3.67. The number of anilines is 1. The lowest BCUT2D eigenvalue weighted by Crippen LogP contribution is -2.40. The highest BCUT2D eigenvalue weighted by Crippen LogP contribution is 2.30. The van der Waals surface area contributed by atoms with Crippen molar-refractivity contribution in [3.8, 4) is 0 Å². The number of hydrogen-bond acceptors (Lipinski definition) is 4. The van der Waals surface area contributed by atoms with E-state index in [0.29, 0.717) is 19.3 Å². The van der Waals surface area contributed by atoms with Crippen LogP contribution < -0.4 is 16.0 Å². The Hall–Kier alpha value is -2.47. The molecule has 0 atom stereocenters. The summed E-state index contributed by atoms with van der Waals surface area (Å²) in [5.74, 6) is 0. The van der Waals surface area contributed by atoms with Crippen LogP contribution in [0.5, 0.6) is 0 Å². The fourth-order valence-electron chi connectivity index (χ4n) is 2.88. The van der Waals surface area contributed by atoms with E-state index in [1.165, 1.54) is 0 Å². The highest BCUT2D eigenvalue weighted by atomic mass is 16.3. The quantitative estimate of drug-likeness (QED) is 0.399. The summed E-state index contributed by atoms with van der Waals surface area (Å²) in [4.78, 5) is 10.6. The molecule has 1 aliphatic heterocycles. The lowest BCUT2D eigenvalue weighted by molar-refractivity contribution is -0.105. The van der Waals surface area contributed by atoms with Gasteiger partial charge in [0.15, 0.2) is 0 Å². The van der Waals surface area contributed by atoms with E-state index < -0.39 is 5.60 Å². The predicted molar refractivity (Wildman–Crippen MR) is 124 cm³/mol. The second-order valence-corrected chi connectivity index (χ2v) is 6.93. The molecule has 0 saturated carbocycles. The molecule has 29 heavy (non-hydrogen) atoms. The third-order valence-corrected chi connectivity index (χ3v) is 4.68. The Bertz CT molecular complexity index is 710. The van der Waals surface area contributed by atoms with Crippen molar-refractivity contribution in [3.05, 3.63) is 72.4 Å². The molecular formula is C24H35N3O2. The molecule has 1 heterocycles. The molecule has 158 valence electrons. The second-order valence-electron chi connectivity index (χ2n) is 6.93. The van der Waals surface area contributed by atoms with E-state index in [-0.39, 0.29) is 0 Å².